The number of carbonyl (C=O) groups is 1. The summed E-state index contributed by atoms with van der Waals surface area (Å²) in [4.78, 5) is 11.5. The van der Waals surface area contributed by atoms with E-state index in [1.807, 2.05) is 18.3 Å². The van der Waals surface area contributed by atoms with Gasteiger partial charge in [0.15, 0.2) is 12.0 Å². The number of pyridine rings is 1. The molecule has 12 nitrogen and oxygen atoms in total. The summed E-state index contributed by atoms with van der Waals surface area (Å²) in [5.74, 6) is -0.692. The Morgan fingerprint density at radius 1 is 1.21 bits per heavy atom. The van der Waals surface area contributed by atoms with Crippen LogP contribution >= 0.6 is 11.6 Å². The van der Waals surface area contributed by atoms with E-state index in [0.29, 0.717) is 35.7 Å². The fourth-order valence-corrected chi connectivity index (χ4v) is 5.35. The summed E-state index contributed by atoms with van der Waals surface area (Å²) in [5.41, 5.74) is 3.43. The topological polar surface area (TPSA) is 136 Å². The minimum absolute atomic E-state index is 0.0437. The van der Waals surface area contributed by atoms with Crippen LogP contribution in [0, 0.1) is 11.0 Å². The Balaban J connectivity index is 1.34. The Morgan fingerprint density at radius 2 is 2.02 bits per heavy atom. The van der Waals surface area contributed by atoms with Gasteiger partial charge in [0, 0.05) is 36.5 Å². The number of methoxy groups -OCH3 is 1. The second kappa shape index (κ2) is 12.2. The lowest BCUT2D eigenvalue weighted by Crippen LogP contribution is -2.36. The molecule has 2 atom stereocenters. The lowest BCUT2D eigenvalue weighted by Gasteiger charge is -2.21. The van der Waals surface area contributed by atoms with Gasteiger partial charge in [-0.1, -0.05) is 23.7 Å². The van der Waals surface area contributed by atoms with Gasteiger partial charge in [0.2, 0.25) is 5.69 Å². The average Bonchev–Trinajstić information content (AvgIpc) is 3.82. The van der Waals surface area contributed by atoms with E-state index in [1.165, 1.54) is 30.4 Å². The fourth-order valence-electron chi connectivity index (χ4n) is 5.19. The molecule has 14 heteroatoms. The SMILES string of the molecule is COC(=O)Nc1ccc(-c2cnn(C(CC3CCCO3)c3ccc(-c4c(-n5cnnn5)ccc(Cl)c4F)c[n+]3[O-])c2)cc1. The van der Waals surface area contributed by atoms with E-state index in [9.17, 15) is 10.0 Å². The van der Waals surface area contributed by atoms with Crippen molar-refractivity contribution in [3.8, 4) is 27.9 Å². The van der Waals surface area contributed by atoms with Crippen LogP contribution in [0.25, 0.3) is 27.9 Å². The first-order chi connectivity index (χ1) is 20.9. The van der Waals surface area contributed by atoms with Crippen LogP contribution in [-0.4, -0.2) is 55.9 Å². The molecule has 0 aliphatic carbocycles. The van der Waals surface area contributed by atoms with Crippen molar-refractivity contribution < 1.29 is 23.4 Å². The Bertz CT molecular complexity index is 1740. The van der Waals surface area contributed by atoms with Crippen LogP contribution < -0.4 is 10.0 Å². The normalized spacial score (nSPS) is 15.4. The molecule has 4 heterocycles. The monoisotopic (exact) mass is 604 g/mol. The van der Waals surface area contributed by atoms with E-state index < -0.39 is 18.0 Å². The number of hydrogen-bond acceptors (Lipinski definition) is 8. The van der Waals surface area contributed by atoms with Crippen LogP contribution in [0.15, 0.2) is 73.4 Å². The van der Waals surface area contributed by atoms with Crippen LogP contribution in [0.4, 0.5) is 14.9 Å². The van der Waals surface area contributed by atoms with Crippen molar-refractivity contribution in [2.75, 3.05) is 19.0 Å². The number of halogens is 2. The fraction of sp³-hybridized carbons (Fsp3) is 0.241. The molecule has 0 radical (unpaired) electrons. The second-order valence-electron chi connectivity index (χ2n) is 9.97. The van der Waals surface area contributed by atoms with Crippen molar-refractivity contribution in [2.45, 2.75) is 31.4 Å². The third kappa shape index (κ3) is 5.90. The molecule has 0 bridgehead atoms. The highest BCUT2D eigenvalue weighted by Crippen LogP contribution is 2.34. The van der Waals surface area contributed by atoms with Crippen LogP contribution in [0.2, 0.25) is 5.02 Å². The Labute approximate surface area is 250 Å². The van der Waals surface area contributed by atoms with Crippen LogP contribution in [-0.2, 0) is 9.47 Å². The van der Waals surface area contributed by atoms with Gasteiger partial charge in [-0.3, -0.25) is 10.00 Å². The van der Waals surface area contributed by atoms with Crippen molar-refractivity contribution >= 4 is 23.4 Å². The number of aromatic nitrogens is 7. The van der Waals surface area contributed by atoms with E-state index in [2.05, 4.69) is 30.7 Å². The average molecular weight is 605 g/mol. The van der Waals surface area contributed by atoms with E-state index >= 15 is 4.39 Å². The van der Waals surface area contributed by atoms with Gasteiger partial charge in [0.1, 0.15) is 12.4 Å². The second-order valence-corrected chi connectivity index (χ2v) is 10.4. The maximum absolute atomic E-state index is 15.4. The van der Waals surface area contributed by atoms with Gasteiger partial charge < -0.3 is 14.7 Å². The zero-order chi connectivity index (χ0) is 29.9. The zero-order valence-electron chi connectivity index (χ0n) is 22.9. The van der Waals surface area contributed by atoms with Crippen molar-refractivity contribution in [3.05, 3.63) is 95.2 Å². The molecule has 1 saturated heterocycles. The number of rotatable bonds is 8. The molecule has 43 heavy (non-hydrogen) atoms. The van der Waals surface area contributed by atoms with Crippen LogP contribution in [0.5, 0.6) is 0 Å². The predicted molar refractivity (Wildman–Crippen MR) is 154 cm³/mol. The quantitative estimate of drug-likeness (QED) is 0.194. The molecule has 1 N–H and O–H groups in total. The summed E-state index contributed by atoms with van der Waals surface area (Å²) >= 11 is 6.11. The van der Waals surface area contributed by atoms with Gasteiger partial charge in [0.25, 0.3) is 0 Å². The number of amides is 1. The molecular formula is C29H26ClFN8O4. The van der Waals surface area contributed by atoms with Crippen molar-refractivity contribution in [1.29, 1.82) is 0 Å². The number of nitrogens with one attached hydrogen (secondary N) is 1. The van der Waals surface area contributed by atoms with E-state index in [1.54, 1.807) is 41.2 Å². The predicted octanol–water partition coefficient (Wildman–Crippen LogP) is 4.96. The third-order valence-electron chi connectivity index (χ3n) is 7.32. The largest absolute Gasteiger partial charge is 0.618 e. The molecule has 220 valence electrons. The van der Waals surface area contributed by atoms with E-state index in [-0.39, 0.29) is 16.7 Å². The van der Waals surface area contributed by atoms with E-state index in [0.717, 1.165) is 28.7 Å². The van der Waals surface area contributed by atoms with Crippen LogP contribution in [0.1, 0.15) is 31.0 Å². The minimum Gasteiger partial charge on any atom is -0.618 e. The highest BCUT2D eigenvalue weighted by molar-refractivity contribution is 6.31. The number of ether oxygens (including phenoxy) is 2. The molecule has 3 aromatic heterocycles. The van der Waals surface area contributed by atoms with Crippen molar-refractivity contribution in [1.82, 2.24) is 30.0 Å². The first kappa shape index (κ1) is 28.2. The number of anilines is 1. The molecule has 2 unspecified atom stereocenters. The summed E-state index contributed by atoms with van der Waals surface area (Å²) in [6, 6.07) is 13.1. The third-order valence-corrected chi connectivity index (χ3v) is 7.62. The molecule has 2 aromatic carbocycles. The van der Waals surface area contributed by atoms with Crippen molar-refractivity contribution in [3.63, 3.8) is 0 Å². The Hall–Kier alpha value is -4.88. The molecule has 1 aliphatic heterocycles. The highest BCUT2D eigenvalue weighted by atomic mass is 35.5. The van der Waals surface area contributed by atoms with Gasteiger partial charge in [-0.15, -0.1) is 5.10 Å². The molecule has 1 aliphatic rings. The number of carbonyl (C=O) groups excluding carboxylic acids is 1. The summed E-state index contributed by atoms with van der Waals surface area (Å²) in [7, 11) is 1.30. The highest BCUT2D eigenvalue weighted by Gasteiger charge is 2.30. The summed E-state index contributed by atoms with van der Waals surface area (Å²) < 4.78 is 29.7. The van der Waals surface area contributed by atoms with Gasteiger partial charge in [-0.05, 0) is 59.2 Å². The lowest BCUT2D eigenvalue weighted by molar-refractivity contribution is -0.615. The maximum Gasteiger partial charge on any atom is 0.411 e. The molecular weight excluding hydrogens is 579 g/mol. The first-order valence-electron chi connectivity index (χ1n) is 13.5. The van der Waals surface area contributed by atoms with Crippen molar-refractivity contribution in [2.24, 2.45) is 0 Å². The number of hydrogen-bond donors (Lipinski definition) is 1. The Morgan fingerprint density at radius 3 is 2.72 bits per heavy atom. The molecule has 1 amide bonds. The van der Waals surface area contributed by atoms with Gasteiger partial charge >= 0.3 is 6.09 Å². The number of nitrogens with zero attached hydrogens (tertiary/aromatic N) is 7. The number of benzene rings is 2. The standard InChI is InChI=1S/C29H26ClFN8O4/c1-42-29(40)34-21-7-4-18(5-8-21)20-14-33-37(15-20)26(13-22-3-2-12-43-22)24-10-6-19(16-39(24)41)27-25(38-17-32-35-36-38)11-9-23(30)28(27)31/h4-11,14-17,22,26H,2-3,12-13H2,1H3,(H,34,40). The Kier molecular flexibility index (Phi) is 7.99. The lowest BCUT2D eigenvalue weighted by atomic mass is 10.0. The van der Waals surface area contributed by atoms with Gasteiger partial charge in [-0.25, -0.2) is 9.18 Å². The molecule has 0 spiro atoms. The molecule has 0 saturated carbocycles. The molecule has 1 fully saturated rings. The summed E-state index contributed by atoms with van der Waals surface area (Å²) in [5, 5.41) is 31.9. The molecule has 6 rings (SSSR count). The minimum atomic E-state index is -0.692. The van der Waals surface area contributed by atoms with E-state index in [4.69, 9.17) is 16.3 Å². The molecule has 5 aromatic rings. The van der Waals surface area contributed by atoms with Gasteiger partial charge in [0.05, 0.1) is 41.2 Å². The van der Waals surface area contributed by atoms with Gasteiger partial charge in [-0.2, -0.15) is 14.5 Å². The summed E-state index contributed by atoms with van der Waals surface area (Å²) in [6.45, 7) is 0.665. The zero-order valence-corrected chi connectivity index (χ0v) is 23.7. The first-order valence-corrected chi connectivity index (χ1v) is 13.8. The number of tetrazole rings is 1. The smallest absolute Gasteiger partial charge is 0.411 e. The van der Waals surface area contributed by atoms with Crippen LogP contribution in [0.3, 0.4) is 0 Å². The summed E-state index contributed by atoms with van der Waals surface area (Å²) in [6.07, 6.45) is 7.97. The maximum atomic E-state index is 15.4.